The van der Waals surface area contributed by atoms with Crippen molar-refractivity contribution in [1.29, 1.82) is 0 Å². The Hall–Kier alpha value is -1.27. The van der Waals surface area contributed by atoms with Gasteiger partial charge in [-0.05, 0) is 37.3 Å². The summed E-state index contributed by atoms with van der Waals surface area (Å²) in [5.74, 6) is 2.17. The minimum Gasteiger partial charge on any atom is -0.495 e. The number of methoxy groups -OCH3 is 1. The number of nitrogens with one attached hydrogen (secondary N) is 2. The number of guanidine groups is 1. The second-order valence-electron chi connectivity index (χ2n) is 7.81. The first kappa shape index (κ1) is 25.0. The maximum absolute atomic E-state index is 11.6. The third kappa shape index (κ3) is 6.61. The highest BCUT2D eigenvalue weighted by atomic mass is 127. The van der Waals surface area contributed by atoms with Crippen LogP contribution in [0.3, 0.4) is 0 Å². The van der Waals surface area contributed by atoms with Crippen molar-refractivity contribution in [3.8, 4) is 5.75 Å². The van der Waals surface area contributed by atoms with Crippen molar-refractivity contribution in [3.63, 3.8) is 0 Å². The Morgan fingerprint density at radius 3 is 2.53 bits per heavy atom. The SMILES string of the molecule is CN=C(NCC1CCN(S(C)(=O)=O)CC1)NC1CCN(c2ccccc2OC)C1.I. The summed E-state index contributed by atoms with van der Waals surface area (Å²) in [4.78, 5) is 6.70. The van der Waals surface area contributed by atoms with Crippen LogP contribution in [0.25, 0.3) is 0 Å². The van der Waals surface area contributed by atoms with Crippen molar-refractivity contribution in [1.82, 2.24) is 14.9 Å². The molecular weight excluding hydrogens is 517 g/mol. The molecule has 30 heavy (non-hydrogen) atoms. The van der Waals surface area contributed by atoms with Crippen LogP contribution in [0.5, 0.6) is 5.75 Å². The molecule has 2 aliphatic heterocycles. The van der Waals surface area contributed by atoms with Gasteiger partial charge in [0.25, 0.3) is 0 Å². The van der Waals surface area contributed by atoms with Crippen LogP contribution in [0.1, 0.15) is 19.3 Å². The molecule has 1 atom stereocenters. The Morgan fingerprint density at radius 2 is 1.90 bits per heavy atom. The first-order valence-corrected chi connectivity index (χ1v) is 12.1. The summed E-state index contributed by atoms with van der Waals surface area (Å²) >= 11 is 0. The van der Waals surface area contributed by atoms with Crippen molar-refractivity contribution >= 4 is 45.6 Å². The molecule has 1 unspecified atom stereocenters. The number of ether oxygens (including phenoxy) is 1. The number of nitrogens with zero attached hydrogens (tertiary/aromatic N) is 3. The number of anilines is 1. The Balaban J connectivity index is 0.00000320. The average Bonchev–Trinajstić information content (AvgIpc) is 3.19. The predicted octanol–water partition coefficient (Wildman–Crippen LogP) is 1.73. The lowest BCUT2D eigenvalue weighted by atomic mass is 9.98. The molecule has 0 aliphatic carbocycles. The van der Waals surface area contributed by atoms with Gasteiger partial charge in [0, 0.05) is 45.8 Å². The zero-order chi connectivity index (χ0) is 20.9. The number of piperidine rings is 1. The van der Waals surface area contributed by atoms with E-state index in [-0.39, 0.29) is 24.0 Å². The van der Waals surface area contributed by atoms with E-state index < -0.39 is 10.0 Å². The number of rotatable bonds is 6. The van der Waals surface area contributed by atoms with Crippen LogP contribution >= 0.6 is 24.0 Å². The number of benzene rings is 1. The minimum atomic E-state index is -3.07. The van der Waals surface area contributed by atoms with Gasteiger partial charge in [-0.3, -0.25) is 4.99 Å². The topological polar surface area (TPSA) is 86.3 Å². The molecule has 1 aromatic carbocycles. The van der Waals surface area contributed by atoms with Crippen LogP contribution in [0, 0.1) is 5.92 Å². The van der Waals surface area contributed by atoms with Gasteiger partial charge < -0.3 is 20.3 Å². The van der Waals surface area contributed by atoms with Crippen LogP contribution in [0.2, 0.25) is 0 Å². The second-order valence-corrected chi connectivity index (χ2v) is 9.79. The van der Waals surface area contributed by atoms with Gasteiger partial charge in [0.05, 0.1) is 19.1 Å². The zero-order valence-electron chi connectivity index (χ0n) is 18.0. The highest BCUT2D eigenvalue weighted by Crippen LogP contribution is 2.30. The summed E-state index contributed by atoms with van der Waals surface area (Å²) in [6.07, 6.45) is 4.07. The van der Waals surface area contributed by atoms with Gasteiger partial charge in [-0.25, -0.2) is 12.7 Å². The lowest BCUT2D eigenvalue weighted by Crippen LogP contribution is -2.47. The molecule has 3 rings (SSSR count). The largest absolute Gasteiger partial charge is 0.495 e. The first-order chi connectivity index (χ1) is 13.9. The fraction of sp³-hybridized carbons (Fsp3) is 0.650. The van der Waals surface area contributed by atoms with Crippen molar-refractivity contribution in [2.45, 2.75) is 25.3 Å². The number of sulfonamides is 1. The Morgan fingerprint density at radius 1 is 1.20 bits per heavy atom. The number of halogens is 1. The molecule has 0 radical (unpaired) electrons. The summed E-state index contributed by atoms with van der Waals surface area (Å²) < 4.78 is 30.3. The second kappa shape index (κ2) is 11.4. The fourth-order valence-corrected chi connectivity index (χ4v) is 4.94. The summed E-state index contributed by atoms with van der Waals surface area (Å²) in [6, 6.07) is 8.43. The van der Waals surface area contributed by atoms with E-state index in [1.165, 1.54) is 6.26 Å². The molecule has 10 heteroatoms. The van der Waals surface area contributed by atoms with Crippen LogP contribution in [0.15, 0.2) is 29.3 Å². The molecular formula is C20H34IN5O3S. The Bertz CT molecular complexity index is 812. The summed E-state index contributed by atoms with van der Waals surface area (Å²) in [6.45, 7) is 3.88. The zero-order valence-corrected chi connectivity index (χ0v) is 21.2. The molecule has 170 valence electrons. The van der Waals surface area contributed by atoms with Gasteiger partial charge in [-0.2, -0.15) is 0 Å². The first-order valence-electron chi connectivity index (χ1n) is 10.2. The van der Waals surface area contributed by atoms with E-state index in [0.717, 1.165) is 56.3 Å². The Labute approximate surface area is 197 Å². The van der Waals surface area contributed by atoms with Gasteiger partial charge in [0.2, 0.25) is 10.0 Å². The third-order valence-corrected chi connectivity index (χ3v) is 7.08. The normalized spacial score (nSPS) is 21.2. The van der Waals surface area contributed by atoms with E-state index in [0.29, 0.717) is 25.0 Å². The maximum atomic E-state index is 11.6. The molecule has 2 fully saturated rings. The molecule has 2 aliphatic rings. The van der Waals surface area contributed by atoms with Crippen molar-refractivity contribution < 1.29 is 13.2 Å². The highest BCUT2D eigenvalue weighted by Gasteiger charge is 2.27. The number of aliphatic imine (C=N–C) groups is 1. The maximum Gasteiger partial charge on any atom is 0.211 e. The van der Waals surface area contributed by atoms with E-state index in [9.17, 15) is 8.42 Å². The predicted molar refractivity (Wildman–Crippen MR) is 133 cm³/mol. The van der Waals surface area contributed by atoms with Gasteiger partial charge in [-0.15, -0.1) is 24.0 Å². The molecule has 0 saturated carbocycles. The van der Waals surface area contributed by atoms with Crippen LogP contribution in [-0.2, 0) is 10.0 Å². The number of hydrogen-bond donors (Lipinski definition) is 2. The summed E-state index contributed by atoms with van der Waals surface area (Å²) in [5.41, 5.74) is 1.12. The van der Waals surface area contributed by atoms with Crippen LogP contribution < -0.4 is 20.3 Å². The molecule has 8 nitrogen and oxygen atoms in total. The lowest BCUT2D eigenvalue weighted by Gasteiger charge is -2.30. The van der Waals surface area contributed by atoms with Crippen LogP contribution in [0.4, 0.5) is 5.69 Å². The molecule has 2 heterocycles. The molecule has 0 bridgehead atoms. The van der Waals surface area contributed by atoms with Crippen LogP contribution in [-0.4, -0.2) is 77.9 Å². The van der Waals surface area contributed by atoms with E-state index in [2.05, 4.69) is 26.6 Å². The smallest absolute Gasteiger partial charge is 0.211 e. The molecule has 2 saturated heterocycles. The summed E-state index contributed by atoms with van der Waals surface area (Å²) in [5, 5.41) is 6.95. The van der Waals surface area contributed by atoms with E-state index in [4.69, 9.17) is 4.74 Å². The molecule has 1 aromatic rings. The minimum absolute atomic E-state index is 0. The number of hydrogen-bond acceptors (Lipinski definition) is 5. The number of para-hydroxylation sites is 2. The average molecular weight is 551 g/mol. The third-order valence-electron chi connectivity index (χ3n) is 5.78. The van der Waals surface area contributed by atoms with E-state index in [1.54, 1.807) is 18.5 Å². The fourth-order valence-electron chi connectivity index (χ4n) is 4.06. The lowest BCUT2D eigenvalue weighted by molar-refractivity contribution is 0.274. The van der Waals surface area contributed by atoms with Gasteiger partial charge in [-0.1, -0.05) is 12.1 Å². The van der Waals surface area contributed by atoms with Gasteiger partial charge >= 0.3 is 0 Å². The van der Waals surface area contributed by atoms with E-state index in [1.807, 2.05) is 18.2 Å². The monoisotopic (exact) mass is 551 g/mol. The molecule has 2 N–H and O–H groups in total. The highest BCUT2D eigenvalue weighted by molar-refractivity contribution is 14.0. The van der Waals surface area contributed by atoms with Gasteiger partial charge in [0.1, 0.15) is 5.75 Å². The Kier molecular flexibility index (Phi) is 9.48. The van der Waals surface area contributed by atoms with Crippen molar-refractivity contribution in [3.05, 3.63) is 24.3 Å². The summed E-state index contributed by atoms with van der Waals surface area (Å²) in [7, 11) is 0.420. The quantitative estimate of drug-likeness (QED) is 0.318. The molecule has 0 spiro atoms. The van der Waals surface area contributed by atoms with Crippen molar-refractivity contribution in [2.24, 2.45) is 10.9 Å². The molecule has 0 aromatic heterocycles. The standard InChI is InChI=1S/C20H33N5O3S.HI/c1-21-20(22-14-16-8-12-25(13-9-16)29(3,26)27)23-17-10-11-24(15-17)18-6-4-5-7-19(18)28-2;/h4-7,16-17H,8-15H2,1-3H3,(H2,21,22,23);1H. The van der Waals surface area contributed by atoms with Gasteiger partial charge in [0.15, 0.2) is 5.96 Å². The molecule has 0 amide bonds. The van der Waals surface area contributed by atoms with E-state index >= 15 is 0 Å². The van der Waals surface area contributed by atoms with Crippen molar-refractivity contribution in [2.75, 3.05) is 58.0 Å².